The Morgan fingerprint density at radius 3 is 2.73 bits per heavy atom. The van der Waals surface area contributed by atoms with Crippen molar-refractivity contribution in [2.24, 2.45) is 0 Å². The number of amides is 2. The van der Waals surface area contributed by atoms with Crippen LogP contribution in [0.5, 0.6) is 0 Å². The summed E-state index contributed by atoms with van der Waals surface area (Å²) in [7, 11) is 3.94. The zero-order chi connectivity index (χ0) is 29.0. The molecule has 2 amide bonds. The minimum absolute atomic E-state index is 0.0320. The number of aromatic nitrogens is 3. The third kappa shape index (κ3) is 6.42. The summed E-state index contributed by atoms with van der Waals surface area (Å²) in [6.45, 7) is 9.49. The van der Waals surface area contributed by atoms with E-state index in [0.29, 0.717) is 6.54 Å². The Kier molecular flexibility index (Phi) is 8.73. The summed E-state index contributed by atoms with van der Waals surface area (Å²) in [5.41, 5.74) is 5.31. The molecule has 4 rings (SSSR count). The molecule has 0 unspecified atom stereocenters. The van der Waals surface area contributed by atoms with Crippen molar-refractivity contribution in [1.29, 1.82) is 0 Å². The number of cyclic esters (lactones) is 1. The largest absolute Gasteiger partial charge is 0.447 e. The van der Waals surface area contributed by atoms with Crippen LogP contribution in [0.2, 0.25) is 0 Å². The Bertz CT molecular complexity index is 1410. The Morgan fingerprint density at radius 1 is 1.27 bits per heavy atom. The van der Waals surface area contributed by atoms with E-state index in [4.69, 9.17) is 4.74 Å². The molecule has 0 saturated carbocycles. The number of nitrogens with zero attached hydrogens (tertiary/aromatic N) is 5. The van der Waals surface area contributed by atoms with E-state index < -0.39 is 18.3 Å². The molecule has 3 atom stereocenters. The van der Waals surface area contributed by atoms with Crippen molar-refractivity contribution in [3.05, 3.63) is 72.2 Å². The Balaban J connectivity index is 1.55. The maximum atomic E-state index is 14.0. The number of alkyl halides is 1. The fraction of sp³-hybridized carbons (Fsp3) is 0.345. The number of ether oxygens (including phenoxy) is 1. The molecule has 0 radical (unpaired) electrons. The van der Waals surface area contributed by atoms with Crippen molar-refractivity contribution < 1.29 is 18.7 Å². The molecule has 0 aliphatic carbocycles. The summed E-state index contributed by atoms with van der Waals surface area (Å²) >= 11 is 0. The minimum Gasteiger partial charge on any atom is -0.447 e. The lowest BCUT2D eigenvalue weighted by atomic mass is 9.98. The van der Waals surface area contributed by atoms with E-state index in [2.05, 4.69) is 32.2 Å². The van der Waals surface area contributed by atoms with E-state index in [0.717, 1.165) is 33.6 Å². The molecule has 0 bridgehead atoms. The first kappa shape index (κ1) is 28.6. The van der Waals surface area contributed by atoms with Crippen LogP contribution >= 0.6 is 0 Å². The number of benzene rings is 1. The molecule has 2 aromatic heterocycles. The molecule has 210 valence electrons. The zero-order valence-electron chi connectivity index (χ0n) is 23.3. The topological polar surface area (TPSA) is 113 Å². The van der Waals surface area contributed by atoms with E-state index in [1.807, 2.05) is 57.1 Å². The van der Waals surface area contributed by atoms with Gasteiger partial charge in [0.25, 0.3) is 0 Å². The van der Waals surface area contributed by atoms with Gasteiger partial charge in [-0.3, -0.25) is 14.7 Å². The van der Waals surface area contributed by atoms with Gasteiger partial charge in [-0.05, 0) is 75.8 Å². The maximum Gasteiger partial charge on any atom is 0.416 e. The smallest absolute Gasteiger partial charge is 0.416 e. The molecule has 40 heavy (non-hydrogen) atoms. The Labute approximate surface area is 233 Å². The highest BCUT2D eigenvalue weighted by Crippen LogP contribution is 2.30. The van der Waals surface area contributed by atoms with Gasteiger partial charge in [0.1, 0.15) is 24.6 Å². The van der Waals surface area contributed by atoms with Gasteiger partial charge in [-0.1, -0.05) is 18.7 Å². The van der Waals surface area contributed by atoms with E-state index in [1.165, 1.54) is 24.1 Å². The number of nitrogens with one attached hydrogen (secondary N) is 2. The number of aryl methyl sites for hydroxylation is 1. The van der Waals surface area contributed by atoms with Gasteiger partial charge in [0, 0.05) is 30.2 Å². The van der Waals surface area contributed by atoms with Crippen molar-refractivity contribution in [2.45, 2.75) is 45.6 Å². The quantitative estimate of drug-likeness (QED) is 0.345. The molecule has 1 aromatic carbocycles. The van der Waals surface area contributed by atoms with E-state index >= 15 is 0 Å². The van der Waals surface area contributed by atoms with Gasteiger partial charge in [-0.2, -0.15) is 4.98 Å². The van der Waals surface area contributed by atoms with Gasteiger partial charge in [0.2, 0.25) is 11.9 Å². The minimum atomic E-state index is -1.28. The highest BCUT2D eigenvalue weighted by molar-refractivity contribution is 6.00. The average molecular weight is 548 g/mol. The highest BCUT2D eigenvalue weighted by Gasteiger charge is 2.39. The fourth-order valence-corrected chi connectivity index (χ4v) is 4.50. The molecule has 2 N–H and O–H groups in total. The van der Waals surface area contributed by atoms with E-state index in [1.54, 1.807) is 12.3 Å². The van der Waals surface area contributed by atoms with Crippen molar-refractivity contribution in [2.75, 3.05) is 36.2 Å². The number of pyridine rings is 1. The van der Waals surface area contributed by atoms with Gasteiger partial charge < -0.3 is 20.3 Å². The van der Waals surface area contributed by atoms with Crippen LogP contribution in [0.4, 0.5) is 26.6 Å². The van der Waals surface area contributed by atoms with Crippen LogP contribution in [0.1, 0.15) is 36.7 Å². The van der Waals surface area contributed by atoms with Crippen LogP contribution in [-0.2, 0) is 16.1 Å². The molecule has 11 heteroatoms. The third-order valence-electron chi connectivity index (χ3n) is 6.60. The molecule has 3 aromatic rings. The summed E-state index contributed by atoms with van der Waals surface area (Å²) < 4.78 is 19.1. The first-order valence-corrected chi connectivity index (χ1v) is 12.9. The normalized spacial score (nSPS) is 16.4. The van der Waals surface area contributed by atoms with Crippen molar-refractivity contribution in [3.63, 3.8) is 0 Å². The summed E-state index contributed by atoms with van der Waals surface area (Å²) in [4.78, 5) is 40.9. The molecular formula is C29H34FN7O3. The number of carbonyl (C=O) groups excluding carboxylic acids is 2. The van der Waals surface area contributed by atoms with Gasteiger partial charge >= 0.3 is 6.09 Å². The van der Waals surface area contributed by atoms with Gasteiger partial charge in [-0.25, -0.2) is 14.2 Å². The number of anilines is 3. The number of rotatable bonds is 10. The van der Waals surface area contributed by atoms with Crippen molar-refractivity contribution >= 4 is 29.5 Å². The molecule has 3 heterocycles. The second-order valence-electron chi connectivity index (χ2n) is 10.0. The molecule has 1 aliphatic heterocycles. The lowest BCUT2D eigenvalue weighted by Gasteiger charge is -2.22. The SMILES string of the molecule is C=CC(=O)Nc1cc(-c2cnc([C@H](C)Nc3nccc(N4C(=O)OC[C@@H]4[C@H](C)F)n3)cc2C)ccc1CN(C)C. The second kappa shape index (κ2) is 12.2. The molecule has 1 fully saturated rings. The predicted octanol–water partition coefficient (Wildman–Crippen LogP) is 4.89. The van der Waals surface area contributed by atoms with Gasteiger partial charge in [-0.15, -0.1) is 0 Å². The Hall–Kier alpha value is -4.38. The number of halogens is 1. The van der Waals surface area contributed by atoms with Gasteiger partial charge in [0.15, 0.2) is 0 Å². The lowest BCUT2D eigenvalue weighted by Crippen LogP contribution is -2.39. The van der Waals surface area contributed by atoms with Crippen molar-refractivity contribution in [1.82, 2.24) is 19.9 Å². The zero-order valence-corrected chi connectivity index (χ0v) is 23.3. The van der Waals surface area contributed by atoms with Crippen LogP contribution in [0.3, 0.4) is 0 Å². The average Bonchev–Trinajstić information content (AvgIpc) is 3.31. The summed E-state index contributed by atoms with van der Waals surface area (Å²) in [5.74, 6) is 0.265. The number of hydrogen-bond acceptors (Lipinski definition) is 8. The Morgan fingerprint density at radius 2 is 2.05 bits per heavy atom. The number of carbonyl (C=O) groups is 2. The molecule has 10 nitrogen and oxygen atoms in total. The summed E-state index contributed by atoms with van der Waals surface area (Å²) in [5, 5.41) is 6.12. The van der Waals surface area contributed by atoms with E-state index in [-0.39, 0.29) is 30.3 Å². The standard InChI is InChI=1S/C29H34FN7O3/c1-7-27(38)34-24-13-20(8-9-21(24)15-36(5)6)22-14-32-23(12-17(22)2)19(4)33-28-31-11-10-26(35-28)37-25(18(3)30)16-40-29(37)39/h7-14,18-19,25H,1,15-16H2,2-6H3,(H,34,38)(H,31,33,35)/t18-,19-,25+/m0/s1. The third-order valence-corrected chi connectivity index (χ3v) is 6.60. The molecule has 1 saturated heterocycles. The second-order valence-corrected chi connectivity index (χ2v) is 10.0. The predicted molar refractivity (Wildman–Crippen MR) is 153 cm³/mol. The van der Waals surface area contributed by atoms with Crippen LogP contribution in [0.25, 0.3) is 11.1 Å². The fourth-order valence-electron chi connectivity index (χ4n) is 4.50. The lowest BCUT2D eigenvalue weighted by molar-refractivity contribution is -0.111. The molecule has 0 spiro atoms. The van der Waals surface area contributed by atoms with Crippen LogP contribution in [0, 0.1) is 6.92 Å². The van der Waals surface area contributed by atoms with Crippen LogP contribution in [0.15, 0.2) is 55.4 Å². The first-order chi connectivity index (χ1) is 19.1. The summed E-state index contributed by atoms with van der Waals surface area (Å²) in [6.07, 6.45) is 2.64. The maximum absolute atomic E-state index is 14.0. The van der Waals surface area contributed by atoms with Crippen LogP contribution < -0.4 is 15.5 Å². The first-order valence-electron chi connectivity index (χ1n) is 12.9. The van der Waals surface area contributed by atoms with Crippen LogP contribution in [-0.4, -0.2) is 64.8 Å². The highest BCUT2D eigenvalue weighted by atomic mass is 19.1. The summed E-state index contributed by atoms with van der Waals surface area (Å²) in [6, 6.07) is 8.47. The molecule has 1 aliphatic rings. The monoisotopic (exact) mass is 547 g/mol. The molecular weight excluding hydrogens is 513 g/mol. The van der Waals surface area contributed by atoms with E-state index in [9.17, 15) is 14.0 Å². The van der Waals surface area contributed by atoms with Gasteiger partial charge in [0.05, 0.1) is 11.7 Å². The number of hydrogen-bond donors (Lipinski definition) is 2. The van der Waals surface area contributed by atoms with Crippen molar-refractivity contribution in [3.8, 4) is 11.1 Å².